The molecule has 1 unspecified atom stereocenters. The van der Waals surface area contributed by atoms with E-state index in [-0.39, 0.29) is 6.03 Å². The Morgan fingerprint density at radius 2 is 2.00 bits per heavy atom. The van der Waals surface area contributed by atoms with Crippen molar-refractivity contribution in [3.63, 3.8) is 0 Å². The highest BCUT2D eigenvalue weighted by Crippen LogP contribution is 2.38. The second-order valence-corrected chi connectivity index (χ2v) is 9.98. The molecule has 1 aliphatic rings. The molecule has 2 amide bonds. The topological polar surface area (TPSA) is 125 Å². The van der Waals surface area contributed by atoms with Crippen molar-refractivity contribution < 1.29 is 14.6 Å². The first kappa shape index (κ1) is 25.2. The van der Waals surface area contributed by atoms with Crippen molar-refractivity contribution in [2.75, 3.05) is 32.1 Å². The Morgan fingerprint density at radius 3 is 2.70 bits per heavy atom. The molecule has 4 heterocycles. The predicted molar refractivity (Wildman–Crippen MR) is 143 cm³/mol. The number of rotatable bonds is 8. The van der Waals surface area contributed by atoms with Crippen LogP contribution in [0.25, 0.3) is 32.6 Å². The summed E-state index contributed by atoms with van der Waals surface area (Å²) in [6, 6.07) is 7.83. The average Bonchev–Trinajstić information content (AvgIpc) is 3.27. The van der Waals surface area contributed by atoms with Crippen molar-refractivity contribution in [2.24, 2.45) is 0 Å². The number of carbonyl (C=O) groups excluding carboxylic acids is 1. The molecular formula is C26H29N7O3S. The molecule has 1 saturated heterocycles. The van der Waals surface area contributed by atoms with Gasteiger partial charge in [-0.25, -0.2) is 19.7 Å². The Kier molecular flexibility index (Phi) is 7.38. The summed E-state index contributed by atoms with van der Waals surface area (Å²) in [4.78, 5) is 32.4. The van der Waals surface area contributed by atoms with Crippen molar-refractivity contribution in [1.29, 1.82) is 0 Å². The van der Waals surface area contributed by atoms with E-state index in [0.29, 0.717) is 23.6 Å². The Labute approximate surface area is 218 Å². The number of carbonyl (C=O) groups is 1. The van der Waals surface area contributed by atoms with Gasteiger partial charge in [0.1, 0.15) is 6.10 Å². The Bertz CT molecular complexity index is 1400. The number of hydrogen-bond acceptors (Lipinski definition) is 9. The van der Waals surface area contributed by atoms with Crippen molar-refractivity contribution in [3.05, 3.63) is 54.2 Å². The van der Waals surface area contributed by atoms with E-state index in [9.17, 15) is 9.90 Å². The third-order valence-corrected chi connectivity index (χ3v) is 7.21. The van der Waals surface area contributed by atoms with Crippen LogP contribution >= 0.6 is 11.3 Å². The minimum atomic E-state index is -0.744. The SMILES string of the molecule is CCNC(=O)Nc1nc2cc(-c3cnc(C(C)O)nc3)cc(-c3cc(CN4CC(OC)C4)ccn3)c2s1. The number of amides is 2. The molecule has 192 valence electrons. The van der Waals surface area contributed by atoms with Crippen molar-refractivity contribution in [2.45, 2.75) is 32.6 Å². The van der Waals surface area contributed by atoms with E-state index >= 15 is 0 Å². The number of aromatic nitrogens is 4. The minimum Gasteiger partial charge on any atom is -0.385 e. The Balaban J connectivity index is 1.54. The second-order valence-electron chi connectivity index (χ2n) is 8.98. The molecule has 0 saturated carbocycles. The minimum absolute atomic E-state index is 0.297. The fourth-order valence-corrected chi connectivity index (χ4v) is 5.19. The van der Waals surface area contributed by atoms with Gasteiger partial charge in [-0.3, -0.25) is 15.2 Å². The number of fused-ring (bicyclic) bond motifs is 1. The van der Waals surface area contributed by atoms with Gasteiger partial charge < -0.3 is 15.2 Å². The van der Waals surface area contributed by atoms with Gasteiger partial charge in [-0.15, -0.1) is 0 Å². The van der Waals surface area contributed by atoms with Gasteiger partial charge in [-0.2, -0.15) is 0 Å². The maximum atomic E-state index is 12.1. The Hall–Kier alpha value is -3.51. The summed E-state index contributed by atoms with van der Waals surface area (Å²) < 4.78 is 6.32. The number of methoxy groups -OCH3 is 1. The number of aliphatic hydroxyl groups excluding tert-OH is 1. The zero-order valence-corrected chi connectivity index (χ0v) is 21.7. The molecule has 1 atom stereocenters. The molecule has 0 aliphatic carbocycles. The lowest BCUT2D eigenvalue weighted by molar-refractivity contribution is -0.0334. The number of likely N-dealkylation sites (tertiary alicyclic amines) is 1. The highest BCUT2D eigenvalue weighted by molar-refractivity contribution is 7.22. The van der Waals surface area contributed by atoms with E-state index in [0.717, 1.165) is 57.8 Å². The summed E-state index contributed by atoms with van der Waals surface area (Å²) in [7, 11) is 1.75. The summed E-state index contributed by atoms with van der Waals surface area (Å²) in [5.41, 5.74) is 5.29. The Morgan fingerprint density at radius 1 is 1.22 bits per heavy atom. The van der Waals surface area contributed by atoms with Crippen LogP contribution in [-0.2, 0) is 11.3 Å². The van der Waals surface area contributed by atoms with Gasteiger partial charge in [-0.05, 0) is 49.2 Å². The lowest BCUT2D eigenvalue weighted by atomic mass is 10.0. The van der Waals surface area contributed by atoms with Gasteiger partial charge in [0.2, 0.25) is 0 Å². The van der Waals surface area contributed by atoms with E-state index in [4.69, 9.17) is 4.74 Å². The number of nitrogens with zero attached hydrogens (tertiary/aromatic N) is 5. The fourth-order valence-electron chi connectivity index (χ4n) is 4.23. The van der Waals surface area contributed by atoms with Crippen LogP contribution in [0.5, 0.6) is 0 Å². The van der Waals surface area contributed by atoms with Crippen LogP contribution < -0.4 is 10.6 Å². The van der Waals surface area contributed by atoms with Crippen LogP contribution in [0.15, 0.2) is 42.9 Å². The quantitative estimate of drug-likeness (QED) is 0.321. The normalized spacial score (nSPS) is 14.9. The first-order valence-corrected chi connectivity index (χ1v) is 13.0. The van der Waals surface area contributed by atoms with Gasteiger partial charge in [0.25, 0.3) is 0 Å². The van der Waals surface area contributed by atoms with Crippen molar-refractivity contribution in [3.8, 4) is 22.4 Å². The van der Waals surface area contributed by atoms with E-state index in [1.54, 1.807) is 26.4 Å². The molecule has 1 aromatic carbocycles. The fraction of sp³-hybridized carbons (Fsp3) is 0.346. The molecule has 0 radical (unpaired) electrons. The van der Waals surface area contributed by atoms with Crippen molar-refractivity contribution >= 4 is 32.7 Å². The number of pyridine rings is 1. The van der Waals surface area contributed by atoms with Gasteiger partial charge in [-0.1, -0.05) is 11.3 Å². The van der Waals surface area contributed by atoms with Crippen LogP contribution in [-0.4, -0.2) is 68.8 Å². The summed E-state index contributed by atoms with van der Waals surface area (Å²) in [5, 5.41) is 15.8. The number of urea groups is 1. The number of ether oxygens (including phenoxy) is 1. The number of benzene rings is 1. The lowest BCUT2D eigenvalue weighted by Crippen LogP contribution is -2.50. The molecule has 1 fully saturated rings. The number of thiazole rings is 1. The molecule has 37 heavy (non-hydrogen) atoms. The van der Waals surface area contributed by atoms with E-state index < -0.39 is 6.10 Å². The van der Waals surface area contributed by atoms with Crippen molar-refractivity contribution in [1.82, 2.24) is 30.2 Å². The summed E-state index contributed by atoms with van der Waals surface area (Å²) in [6.07, 6.45) is 4.77. The molecule has 3 aromatic heterocycles. The highest BCUT2D eigenvalue weighted by atomic mass is 32.1. The largest absolute Gasteiger partial charge is 0.385 e. The molecule has 10 nitrogen and oxygen atoms in total. The molecule has 4 aromatic rings. The maximum Gasteiger partial charge on any atom is 0.321 e. The summed E-state index contributed by atoms with van der Waals surface area (Å²) in [6.45, 7) is 6.67. The zero-order valence-electron chi connectivity index (χ0n) is 20.9. The maximum absolute atomic E-state index is 12.1. The van der Waals surface area contributed by atoms with Gasteiger partial charge in [0.15, 0.2) is 11.0 Å². The van der Waals surface area contributed by atoms with Crippen LogP contribution in [0.4, 0.5) is 9.93 Å². The lowest BCUT2D eigenvalue weighted by Gasteiger charge is -2.38. The first-order chi connectivity index (χ1) is 17.9. The molecular weight excluding hydrogens is 490 g/mol. The molecule has 11 heteroatoms. The first-order valence-electron chi connectivity index (χ1n) is 12.1. The second kappa shape index (κ2) is 10.9. The molecule has 3 N–H and O–H groups in total. The van der Waals surface area contributed by atoms with Gasteiger partial charge in [0.05, 0.1) is 22.0 Å². The average molecular weight is 520 g/mol. The van der Waals surface area contributed by atoms with Crippen LogP contribution in [0.2, 0.25) is 0 Å². The van der Waals surface area contributed by atoms with E-state index in [2.05, 4.69) is 41.5 Å². The van der Waals surface area contributed by atoms with Crippen LogP contribution in [0.1, 0.15) is 31.3 Å². The smallest absolute Gasteiger partial charge is 0.321 e. The van der Waals surface area contributed by atoms with Gasteiger partial charge in [0, 0.05) is 63.0 Å². The third kappa shape index (κ3) is 5.59. The van der Waals surface area contributed by atoms with Crippen LogP contribution in [0.3, 0.4) is 0 Å². The third-order valence-electron chi connectivity index (χ3n) is 6.19. The number of hydrogen-bond donors (Lipinski definition) is 3. The van der Waals surface area contributed by atoms with Gasteiger partial charge >= 0.3 is 6.03 Å². The zero-order chi connectivity index (χ0) is 25.9. The van der Waals surface area contributed by atoms with E-state index in [1.807, 2.05) is 31.3 Å². The molecule has 0 bridgehead atoms. The number of nitrogens with one attached hydrogen (secondary N) is 2. The molecule has 1 aliphatic heterocycles. The van der Waals surface area contributed by atoms with E-state index in [1.165, 1.54) is 11.3 Å². The molecule has 5 rings (SSSR count). The number of aliphatic hydroxyl groups is 1. The standard InChI is InChI=1S/C26H29N7O3S/c1-4-27-25(35)32-26-31-22-9-17(18-10-29-24(15(2)34)30-11-18)8-20(23(22)37-26)21-7-16(5-6-28-21)12-33-13-19(14-33)36-3/h5-11,15,19,34H,4,12-14H2,1-3H3,(H2,27,31,32,35). The molecule has 0 spiro atoms. The number of anilines is 1. The summed E-state index contributed by atoms with van der Waals surface area (Å²) in [5.74, 6) is 0.364. The monoisotopic (exact) mass is 519 g/mol. The highest BCUT2D eigenvalue weighted by Gasteiger charge is 2.26. The van der Waals surface area contributed by atoms with Crippen LogP contribution in [0, 0.1) is 0 Å². The predicted octanol–water partition coefficient (Wildman–Crippen LogP) is 3.84. The summed E-state index contributed by atoms with van der Waals surface area (Å²) >= 11 is 1.41.